The number of nitrogens with zero attached hydrogens (tertiary/aromatic N) is 3. The van der Waals surface area contributed by atoms with Gasteiger partial charge < -0.3 is 10.2 Å². The van der Waals surface area contributed by atoms with Gasteiger partial charge in [-0.15, -0.1) is 0 Å². The molecular formula is C21H24N4O. The highest BCUT2D eigenvalue weighted by Crippen LogP contribution is 2.22. The van der Waals surface area contributed by atoms with Gasteiger partial charge in [0.1, 0.15) is 11.3 Å². The zero-order valence-corrected chi connectivity index (χ0v) is 15.3. The lowest BCUT2D eigenvalue weighted by molar-refractivity contribution is 0.102. The van der Waals surface area contributed by atoms with Gasteiger partial charge in [0.15, 0.2) is 0 Å². The molecule has 3 aromatic rings. The number of piperidine rings is 1. The lowest BCUT2D eigenvalue weighted by Gasteiger charge is -2.28. The Kier molecular flexibility index (Phi) is 4.37. The molecule has 2 aromatic heterocycles. The van der Waals surface area contributed by atoms with Crippen LogP contribution in [-0.4, -0.2) is 28.4 Å². The third-order valence-electron chi connectivity index (χ3n) is 5.00. The van der Waals surface area contributed by atoms with Crippen LogP contribution in [0.1, 0.15) is 41.0 Å². The number of carbonyl (C=O) groups excluding carboxylic acids is 1. The predicted molar refractivity (Wildman–Crippen MR) is 105 cm³/mol. The Morgan fingerprint density at radius 1 is 1.00 bits per heavy atom. The fraction of sp³-hybridized carbons (Fsp3) is 0.333. The number of rotatable bonds is 3. The average Bonchev–Trinajstić information content (AvgIpc) is 2.98. The van der Waals surface area contributed by atoms with Crippen molar-refractivity contribution in [1.82, 2.24) is 9.38 Å². The Hall–Kier alpha value is -2.82. The summed E-state index contributed by atoms with van der Waals surface area (Å²) in [7, 11) is 0. The zero-order valence-electron chi connectivity index (χ0n) is 15.3. The van der Waals surface area contributed by atoms with Gasteiger partial charge in [0, 0.05) is 30.7 Å². The van der Waals surface area contributed by atoms with E-state index < -0.39 is 0 Å². The van der Waals surface area contributed by atoms with E-state index in [1.54, 1.807) is 0 Å². The van der Waals surface area contributed by atoms with Crippen LogP contribution in [0.5, 0.6) is 0 Å². The van der Waals surface area contributed by atoms with Crippen molar-refractivity contribution in [3.8, 4) is 0 Å². The number of amides is 1. The maximum atomic E-state index is 12.8. The molecule has 0 saturated carbocycles. The third kappa shape index (κ3) is 3.17. The first kappa shape index (κ1) is 16.6. The molecule has 4 rings (SSSR count). The Bertz CT molecular complexity index is 937. The smallest absolute Gasteiger partial charge is 0.274 e. The number of carbonyl (C=O) groups is 1. The third-order valence-corrected chi connectivity index (χ3v) is 5.00. The van der Waals surface area contributed by atoms with Crippen molar-refractivity contribution in [2.24, 2.45) is 0 Å². The van der Waals surface area contributed by atoms with Gasteiger partial charge in [0.2, 0.25) is 0 Å². The minimum atomic E-state index is -0.133. The summed E-state index contributed by atoms with van der Waals surface area (Å²) in [5.41, 5.74) is 5.23. The molecule has 1 aromatic carbocycles. The predicted octanol–water partition coefficient (Wildman–Crippen LogP) is 4.19. The summed E-state index contributed by atoms with van der Waals surface area (Å²) in [6.07, 6.45) is 5.78. The van der Waals surface area contributed by atoms with E-state index in [1.165, 1.54) is 24.9 Å². The fourth-order valence-corrected chi connectivity index (χ4v) is 3.64. The number of pyridine rings is 1. The van der Waals surface area contributed by atoms with Crippen molar-refractivity contribution in [3.63, 3.8) is 0 Å². The lowest BCUT2D eigenvalue weighted by Crippen LogP contribution is -2.29. The first-order chi connectivity index (χ1) is 12.6. The molecule has 0 spiro atoms. The Balaban J connectivity index is 1.55. The first-order valence-electron chi connectivity index (χ1n) is 9.23. The highest BCUT2D eigenvalue weighted by Gasteiger charge is 2.17. The molecule has 26 heavy (non-hydrogen) atoms. The number of hydrogen-bond acceptors (Lipinski definition) is 3. The monoisotopic (exact) mass is 348 g/mol. The number of imidazole rings is 1. The van der Waals surface area contributed by atoms with Crippen LogP contribution < -0.4 is 10.2 Å². The Morgan fingerprint density at radius 3 is 2.46 bits per heavy atom. The van der Waals surface area contributed by atoms with E-state index in [4.69, 9.17) is 0 Å². The summed E-state index contributed by atoms with van der Waals surface area (Å²) in [5.74, 6) is -0.133. The van der Waals surface area contributed by atoms with E-state index in [-0.39, 0.29) is 5.91 Å². The van der Waals surface area contributed by atoms with Gasteiger partial charge in [-0.1, -0.05) is 6.07 Å². The van der Waals surface area contributed by atoms with Crippen LogP contribution in [-0.2, 0) is 0 Å². The number of fused-ring (bicyclic) bond motifs is 1. The van der Waals surface area contributed by atoms with E-state index in [1.807, 2.05) is 48.7 Å². The average molecular weight is 348 g/mol. The summed E-state index contributed by atoms with van der Waals surface area (Å²) in [5, 5.41) is 3.01. The standard InChI is InChI=1S/C21H24N4O/c1-15-6-11-19-22-16(2)20(25(19)14-15)21(26)23-17-7-9-18(10-8-17)24-12-4-3-5-13-24/h6-11,14H,3-5,12-13H2,1-2H3,(H,23,26). The molecule has 3 heterocycles. The minimum absolute atomic E-state index is 0.133. The number of hydrogen-bond donors (Lipinski definition) is 1. The summed E-state index contributed by atoms with van der Waals surface area (Å²) in [6, 6.07) is 12.1. The number of anilines is 2. The van der Waals surface area contributed by atoms with Gasteiger partial charge in [0.25, 0.3) is 5.91 Å². The maximum Gasteiger partial charge on any atom is 0.274 e. The molecule has 0 aliphatic carbocycles. The minimum Gasteiger partial charge on any atom is -0.372 e. The van der Waals surface area contributed by atoms with Crippen LogP contribution in [0.15, 0.2) is 42.6 Å². The summed E-state index contributed by atoms with van der Waals surface area (Å²) in [4.78, 5) is 19.7. The molecule has 0 atom stereocenters. The molecule has 1 aliphatic heterocycles. The molecule has 5 heteroatoms. The van der Waals surface area contributed by atoms with Gasteiger partial charge in [-0.3, -0.25) is 9.20 Å². The van der Waals surface area contributed by atoms with Crippen molar-refractivity contribution in [2.75, 3.05) is 23.3 Å². The maximum absolute atomic E-state index is 12.8. The highest BCUT2D eigenvalue weighted by atomic mass is 16.2. The molecule has 1 N–H and O–H groups in total. The molecule has 1 fully saturated rings. The van der Waals surface area contributed by atoms with E-state index in [0.29, 0.717) is 5.69 Å². The van der Waals surface area contributed by atoms with Gasteiger partial charge in [-0.2, -0.15) is 0 Å². The SMILES string of the molecule is Cc1ccc2nc(C)c(C(=O)Nc3ccc(N4CCCCC4)cc3)n2c1. The van der Waals surface area contributed by atoms with Crippen molar-refractivity contribution >= 4 is 22.9 Å². The Morgan fingerprint density at radius 2 is 1.73 bits per heavy atom. The van der Waals surface area contributed by atoms with Crippen molar-refractivity contribution in [3.05, 3.63) is 59.5 Å². The second-order valence-electron chi connectivity index (χ2n) is 7.03. The quantitative estimate of drug-likeness (QED) is 0.772. The van der Waals surface area contributed by atoms with Gasteiger partial charge in [0.05, 0.1) is 5.69 Å². The van der Waals surface area contributed by atoms with Crippen LogP contribution in [0, 0.1) is 13.8 Å². The first-order valence-corrected chi connectivity index (χ1v) is 9.23. The fourth-order valence-electron chi connectivity index (χ4n) is 3.64. The number of nitrogens with one attached hydrogen (secondary N) is 1. The van der Waals surface area contributed by atoms with Gasteiger partial charge in [-0.25, -0.2) is 4.98 Å². The van der Waals surface area contributed by atoms with Gasteiger partial charge >= 0.3 is 0 Å². The summed E-state index contributed by atoms with van der Waals surface area (Å²) >= 11 is 0. The zero-order chi connectivity index (χ0) is 18.1. The number of benzene rings is 1. The molecule has 1 aliphatic rings. The van der Waals surface area contributed by atoms with E-state index in [9.17, 15) is 4.79 Å². The topological polar surface area (TPSA) is 49.6 Å². The molecule has 0 bridgehead atoms. The molecule has 0 unspecified atom stereocenters. The second-order valence-corrected chi connectivity index (χ2v) is 7.03. The van der Waals surface area contributed by atoms with E-state index in [0.717, 1.165) is 35.7 Å². The van der Waals surface area contributed by atoms with Crippen LogP contribution >= 0.6 is 0 Å². The molecule has 134 valence electrons. The van der Waals surface area contributed by atoms with Crippen molar-refractivity contribution in [2.45, 2.75) is 33.1 Å². The van der Waals surface area contributed by atoms with Crippen LogP contribution in [0.3, 0.4) is 0 Å². The Labute approximate surface area is 153 Å². The second kappa shape index (κ2) is 6.83. The van der Waals surface area contributed by atoms with Crippen LogP contribution in [0.25, 0.3) is 5.65 Å². The molecular weight excluding hydrogens is 324 g/mol. The van der Waals surface area contributed by atoms with Gasteiger partial charge in [-0.05, 0) is 69.0 Å². The highest BCUT2D eigenvalue weighted by molar-refractivity contribution is 6.04. The number of aromatic nitrogens is 2. The number of aryl methyl sites for hydroxylation is 2. The van der Waals surface area contributed by atoms with Crippen LogP contribution in [0.2, 0.25) is 0 Å². The molecule has 1 saturated heterocycles. The molecule has 0 radical (unpaired) electrons. The van der Waals surface area contributed by atoms with Crippen LogP contribution in [0.4, 0.5) is 11.4 Å². The van der Waals surface area contributed by atoms with Crippen molar-refractivity contribution in [1.29, 1.82) is 0 Å². The normalized spacial score (nSPS) is 14.6. The van der Waals surface area contributed by atoms with E-state index in [2.05, 4.69) is 27.3 Å². The van der Waals surface area contributed by atoms with E-state index >= 15 is 0 Å². The summed E-state index contributed by atoms with van der Waals surface area (Å²) in [6.45, 7) is 6.12. The summed E-state index contributed by atoms with van der Waals surface area (Å²) < 4.78 is 1.86. The largest absolute Gasteiger partial charge is 0.372 e. The lowest BCUT2D eigenvalue weighted by atomic mass is 10.1. The van der Waals surface area contributed by atoms with Crippen molar-refractivity contribution < 1.29 is 4.79 Å². The molecule has 5 nitrogen and oxygen atoms in total. The molecule has 1 amide bonds.